The fourth-order valence-corrected chi connectivity index (χ4v) is 13.1. The van der Waals surface area contributed by atoms with Gasteiger partial charge in [0.1, 0.15) is 13.2 Å². The Morgan fingerprint density at radius 3 is 0.850 bits per heavy atom. The molecule has 0 aliphatic heterocycles. The highest BCUT2D eigenvalue weighted by molar-refractivity contribution is 5.70. The summed E-state index contributed by atoms with van der Waals surface area (Å²) >= 11 is 0. The highest BCUT2D eigenvalue weighted by Gasteiger charge is 2.22. The Bertz CT molecular complexity index is 1880. The van der Waals surface area contributed by atoms with Crippen LogP contribution in [0, 0.1) is 0 Å². The normalized spacial score (nSPS) is 12.9. The molecule has 0 aliphatic rings. The van der Waals surface area contributed by atoms with Crippen LogP contribution >= 0.6 is 0 Å². The number of hydrogen-bond acceptors (Lipinski definition) is 8. The van der Waals surface area contributed by atoms with Gasteiger partial charge in [0.15, 0.2) is 12.4 Å². The van der Waals surface area contributed by atoms with Gasteiger partial charge in [-0.15, -0.1) is 0 Å². The highest BCUT2D eigenvalue weighted by Crippen LogP contribution is 2.21. The van der Waals surface area contributed by atoms with Crippen molar-refractivity contribution >= 4 is 17.9 Å². The monoisotopic (exact) mass is 1400 g/mol. The second-order valence-corrected chi connectivity index (χ2v) is 30.8. The van der Waals surface area contributed by atoms with E-state index in [4.69, 9.17) is 18.9 Å². The quantitative estimate of drug-likeness (QED) is 0.0195. The summed E-state index contributed by atoms with van der Waals surface area (Å²) < 4.78 is 22.9. The molecule has 0 rings (SSSR count). The molecule has 100 heavy (non-hydrogen) atoms. The molecule has 0 fully saturated rings. The van der Waals surface area contributed by atoms with Crippen LogP contribution in [-0.2, 0) is 33.3 Å². The number of rotatable bonds is 82. The summed E-state index contributed by atoms with van der Waals surface area (Å²) in [6.45, 7) is 4.71. The molecule has 0 spiro atoms. The van der Waals surface area contributed by atoms with E-state index >= 15 is 0 Å². The number of carboxylic acid groups (broad SMARTS) is 1. The van der Waals surface area contributed by atoms with Crippen LogP contribution in [0.25, 0.3) is 0 Å². The number of hydrogen-bond donors (Lipinski definition) is 0. The number of esters is 2. The SMILES string of the molecule is CC/C=C\C/C=C\C/C=C\C/C=C\C/C=C\C/C=C\CCCCCCCCCCCCCCCCCCCCCCC(=O)OC(COC(=O)CCCCCCCCCCCCCCCCCCCCCCCCCCCCCCCCCCCCCC)COC(OCC[N+](C)(C)C)C(=O)[O-]. The second kappa shape index (κ2) is 81.4. The third-order valence-electron chi connectivity index (χ3n) is 19.7. The molecule has 0 saturated heterocycles. The third-order valence-corrected chi connectivity index (χ3v) is 19.7. The minimum Gasteiger partial charge on any atom is -0.545 e. The van der Waals surface area contributed by atoms with E-state index in [1.54, 1.807) is 0 Å². The average Bonchev–Trinajstić information content (AvgIpc) is 1.08. The second-order valence-electron chi connectivity index (χ2n) is 30.8. The van der Waals surface area contributed by atoms with Gasteiger partial charge in [-0.2, -0.15) is 0 Å². The van der Waals surface area contributed by atoms with Crippen LogP contribution < -0.4 is 5.11 Å². The van der Waals surface area contributed by atoms with Crippen molar-refractivity contribution < 1.29 is 42.9 Å². The van der Waals surface area contributed by atoms with Gasteiger partial charge in [-0.05, 0) is 64.2 Å². The lowest BCUT2D eigenvalue weighted by molar-refractivity contribution is -0.870. The number of allylic oxidation sites excluding steroid dienone is 12. The van der Waals surface area contributed by atoms with Gasteiger partial charge in [0.2, 0.25) is 0 Å². The molecule has 0 aromatic rings. The molecule has 2 atom stereocenters. The van der Waals surface area contributed by atoms with E-state index in [-0.39, 0.29) is 32.2 Å². The molecule has 0 aliphatic carbocycles. The lowest BCUT2D eigenvalue weighted by atomic mass is 10.0. The predicted octanol–water partition coefficient (Wildman–Crippen LogP) is 27.0. The van der Waals surface area contributed by atoms with Crippen molar-refractivity contribution in [3.63, 3.8) is 0 Å². The molecule has 0 N–H and O–H groups in total. The van der Waals surface area contributed by atoms with Crippen molar-refractivity contribution in [2.24, 2.45) is 0 Å². The summed E-state index contributed by atoms with van der Waals surface area (Å²) in [5.41, 5.74) is 0. The molecule has 584 valence electrons. The Balaban J connectivity index is 3.93. The van der Waals surface area contributed by atoms with Gasteiger partial charge in [-0.25, -0.2) is 0 Å². The number of nitrogens with zero attached hydrogens (tertiary/aromatic N) is 1. The van der Waals surface area contributed by atoms with E-state index in [1.807, 2.05) is 21.1 Å². The molecule has 9 nitrogen and oxygen atoms in total. The van der Waals surface area contributed by atoms with Crippen LogP contribution in [0.4, 0.5) is 0 Å². The van der Waals surface area contributed by atoms with Gasteiger partial charge >= 0.3 is 11.9 Å². The van der Waals surface area contributed by atoms with Gasteiger partial charge in [0.05, 0.1) is 40.3 Å². The van der Waals surface area contributed by atoms with Crippen molar-refractivity contribution in [2.45, 2.75) is 444 Å². The summed E-state index contributed by atoms with van der Waals surface area (Å²) in [5, 5.41) is 11.9. The standard InChI is InChI=1S/C91H167NO8/c1-6-8-10-12-14-16-18-20-22-24-26-28-30-32-34-36-38-40-42-44-45-46-48-50-52-54-56-58-60-62-64-66-68-70-72-74-76-78-80-82-89(94)100-87(86-99-91(90(95)96)97-84-83-92(3,4)5)85-98-88(93)81-79-77-75-73-71-69-67-65-63-61-59-57-55-53-51-49-47-43-41-39-37-35-33-31-29-27-25-23-21-19-17-15-13-11-9-7-2/h8,10,14,16,20,22,26,28,32,34,38,40,87,91H,6-7,9,11-13,15,17-19,21,23-25,27,29-31,33,35-37,39,41-86H2,1-5H3/b10-8-,16-14-,22-20-,28-26-,34-32-,40-38-. The zero-order valence-corrected chi connectivity index (χ0v) is 67.1. The van der Waals surface area contributed by atoms with E-state index in [0.717, 1.165) is 70.6 Å². The molecule has 0 heterocycles. The lowest BCUT2D eigenvalue weighted by Gasteiger charge is -2.26. The van der Waals surface area contributed by atoms with Gasteiger partial charge in [-0.3, -0.25) is 9.59 Å². The summed E-state index contributed by atoms with van der Waals surface area (Å²) in [6, 6.07) is 0. The highest BCUT2D eigenvalue weighted by atomic mass is 16.7. The molecule has 0 amide bonds. The van der Waals surface area contributed by atoms with Crippen molar-refractivity contribution in [3.8, 4) is 0 Å². The molecule has 9 heteroatoms. The zero-order valence-electron chi connectivity index (χ0n) is 67.1. The Morgan fingerprint density at radius 2 is 0.570 bits per heavy atom. The maximum absolute atomic E-state index is 13.0. The van der Waals surface area contributed by atoms with E-state index in [1.165, 1.54) is 327 Å². The molecule has 0 aromatic heterocycles. The first-order valence-electron chi connectivity index (χ1n) is 43.6. The van der Waals surface area contributed by atoms with E-state index in [0.29, 0.717) is 23.9 Å². The predicted molar refractivity (Wildman–Crippen MR) is 431 cm³/mol. The van der Waals surface area contributed by atoms with Crippen LogP contribution in [0.15, 0.2) is 72.9 Å². The van der Waals surface area contributed by atoms with Crippen LogP contribution in [0.3, 0.4) is 0 Å². The maximum atomic E-state index is 13.0. The van der Waals surface area contributed by atoms with E-state index in [2.05, 4.69) is 86.8 Å². The Hall–Kier alpha value is -3.27. The summed E-state index contributed by atoms with van der Waals surface area (Å²) in [5.74, 6) is -2.25. The third kappa shape index (κ3) is 82.0. The number of likely N-dealkylation sites (N-methyl/N-ethyl adjacent to an activating group) is 1. The van der Waals surface area contributed by atoms with Gasteiger partial charge in [0.25, 0.3) is 0 Å². The fourth-order valence-electron chi connectivity index (χ4n) is 13.1. The number of aliphatic carboxylic acids is 1. The number of unbranched alkanes of at least 4 members (excludes halogenated alkanes) is 55. The molecular weight excluding hydrogens is 1230 g/mol. The number of carbonyl (C=O) groups excluding carboxylic acids is 3. The van der Waals surface area contributed by atoms with Crippen molar-refractivity contribution in [1.29, 1.82) is 0 Å². The summed E-state index contributed by atoms with van der Waals surface area (Å²) in [6.07, 6.45) is 108. The molecule has 2 unspecified atom stereocenters. The Labute approximate surface area is 621 Å². The van der Waals surface area contributed by atoms with Crippen LogP contribution in [-0.4, -0.2) is 82.3 Å². The summed E-state index contributed by atoms with van der Waals surface area (Å²) in [7, 11) is 5.95. The largest absolute Gasteiger partial charge is 0.545 e. The minimum absolute atomic E-state index is 0.150. The van der Waals surface area contributed by atoms with Gasteiger partial charge in [-0.1, -0.05) is 427 Å². The minimum atomic E-state index is -1.62. The molecular formula is C91H167NO8. The Morgan fingerprint density at radius 1 is 0.310 bits per heavy atom. The zero-order chi connectivity index (χ0) is 72.5. The molecule has 0 radical (unpaired) electrons. The lowest BCUT2D eigenvalue weighted by Crippen LogP contribution is -2.44. The van der Waals surface area contributed by atoms with Crippen LogP contribution in [0.2, 0.25) is 0 Å². The molecule has 0 bridgehead atoms. The fraction of sp³-hybridized carbons (Fsp3) is 0.835. The molecule has 0 saturated carbocycles. The van der Waals surface area contributed by atoms with Crippen molar-refractivity contribution in [1.82, 2.24) is 0 Å². The van der Waals surface area contributed by atoms with Crippen LogP contribution in [0.5, 0.6) is 0 Å². The number of carboxylic acids is 1. The van der Waals surface area contributed by atoms with Crippen molar-refractivity contribution in [3.05, 3.63) is 72.9 Å². The van der Waals surface area contributed by atoms with E-state index < -0.39 is 24.3 Å². The molecule has 0 aromatic carbocycles. The van der Waals surface area contributed by atoms with E-state index in [9.17, 15) is 19.5 Å². The smallest absolute Gasteiger partial charge is 0.306 e. The average molecular weight is 1400 g/mol. The first-order valence-corrected chi connectivity index (χ1v) is 43.6. The van der Waals surface area contributed by atoms with Gasteiger partial charge < -0.3 is 33.3 Å². The first kappa shape index (κ1) is 96.7. The van der Waals surface area contributed by atoms with Gasteiger partial charge in [0, 0.05) is 12.8 Å². The van der Waals surface area contributed by atoms with Crippen LogP contribution in [0.1, 0.15) is 431 Å². The van der Waals surface area contributed by atoms with Crippen molar-refractivity contribution in [2.75, 3.05) is 47.5 Å². The number of ether oxygens (including phenoxy) is 4. The topological polar surface area (TPSA) is 111 Å². The summed E-state index contributed by atoms with van der Waals surface area (Å²) in [4.78, 5) is 37.7. The maximum Gasteiger partial charge on any atom is 0.306 e. The first-order chi connectivity index (χ1) is 49.1. The Kier molecular flexibility index (Phi) is 78.7. The number of quaternary nitrogens is 1. The number of carbonyl (C=O) groups is 3.